The molecule has 0 bridgehead atoms. The molecule has 0 amide bonds. The normalized spacial score (nSPS) is 17.5. The Morgan fingerprint density at radius 3 is 2.59 bits per heavy atom. The first-order chi connectivity index (χ1) is 15.0. The van der Waals surface area contributed by atoms with Gasteiger partial charge >= 0.3 is 0 Å². The smallest absolute Gasteiger partial charge is 0.269 e. The van der Waals surface area contributed by atoms with Gasteiger partial charge in [0.15, 0.2) is 5.96 Å². The molecule has 32 heavy (non-hydrogen) atoms. The Balaban J connectivity index is 0.00000512. The van der Waals surface area contributed by atoms with Crippen molar-refractivity contribution < 1.29 is 9.66 Å². The van der Waals surface area contributed by atoms with Gasteiger partial charge in [0.2, 0.25) is 0 Å². The highest BCUT2D eigenvalue weighted by molar-refractivity contribution is 14.0. The summed E-state index contributed by atoms with van der Waals surface area (Å²) < 4.78 is 5.83. The van der Waals surface area contributed by atoms with Gasteiger partial charge in [-0.1, -0.05) is 26.0 Å². The van der Waals surface area contributed by atoms with Crippen molar-refractivity contribution in [3.8, 4) is 0 Å². The number of halogens is 1. The molecule has 2 atom stereocenters. The van der Waals surface area contributed by atoms with Crippen molar-refractivity contribution in [2.75, 3.05) is 32.8 Å². The zero-order valence-electron chi connectivity index (χ0n) is 19.7. The highest BCUT2D eigenvalue weighted by Gasteiger charge is 2.15. The van der Waals surface area contributed by atoms with E-state index >= 15 is 0 Å². The Labute approximate surface area is 209 Å². The molecular formula is C23H40IN5O3. The van der Waals surface area contributed by atoms with E-state index in [9.17, 15) is 10.1 Å². The summed E-state index contributed by atoms with van der Waals surface area (Å²) in [6, 6.07) is 6.87. The lowest BCUT2D eigenvalue weighted by Crippen LogP contribution is -2.46. The van der Waals surface area contributed by atoms with E-state index in [2.05, 4.69) is 36.3 Å². The summed E-state index contributed by atoms with van der Waals surface area (Å²) >= 11 is 0. The monoisotopic (exact) mass is 561 g/mol. The van der Waals surface area contributed by atoms with Gasteiger partial charge in [0.05, 0.1) is 17.6 Å². The molecule has 0 saturated carbocycles. The lowest BCUT2D eigenvalue weighted by atomic mass is 10.1. The second-order valence-electron chi connectivity index (χ2n) is 8.17. The standard InChI is InChI=1S/C23H39N5O3.HI/c1-4-27(5-2)15-8-9-19(3)26-23(25-18-22-10-6-7-16-31-22)24-17-20-11-13-21(14-12-20)28(29)30;/h11-14,19,22H,4-10,15-18H2,1-3H3,(H2,24,25,26);1H. The molecule has 1 fully saturated rings. The molecule has 0 radical (unpaired) electrons. The number of nitrogens with one attached hydrogen (secondary N) is 2. The third-order valence-electron chi connectivity index (χ3n) is 5.73. The molecule has 2 rings (SSSR count). The molecule has 1 aromatic carbocycles. The Bertz CT molecular complexity index is 677. The average Bonchev–Trinajstić information content (AvgIpc) is 2.79. The number of hydrogen-bond donors (Lipinski definition) is 2. The fourth-order valence-corrected chi connectivity index (χ4v) is 3.69. The van der Waals surface area contributed by atoms with Gasteiger partial charge in [-0.3, -0.25) is 10.1 Å². The summed E-state index contributed by atoms with van der Waals surface area (Å²) in [4.78, 5) is 17.6. The van der Waals surface area contributed by atoms with Crippen LogP contribution in [0.3, 0.4) is 0 Å². The van der Waals surface area contributed by atoms with E-state index in [0.717, 1.165) is 70.0 Å². The summed E-state index contributed by atoms with van der Waals surface area (Å²) in [5, 5.41) is 17.8. The van der Waals surface area contributed by atoms with Gasteiger partial charge in [-0.15, -0.1) is 24.0 Å². The summed E-state index contributed by atoms with van der Waals surface area (Å²) in [6.45, 7) is 11.9. The van der Waals surface area contributed by atoms with Crippen LogP contribution in [0, 0.1) is 10.1 Å². The highest BCUT2D eigenvalue weighted by atomic mass is 127. The quantitative estimate of drug-likeness (QED) is 0.130. The predicted octanol–water partition coefficient (Wildman–Crippen LogP) is 4.33. The van der Waals surface area contributed by atoms with Gasteiger partial charge in [-0.2, -0.15) is 0 Å². The van der Waals surface area contributed by atoms with Crippen LogP contribution in [0.5, 0.6) is 0 Å². The largest absolute Gasteiger partial charge is 0.376 e. The van der Waals surface area contributed by atoms with Crippen LogP contribution in [-0.2, 0) is 11.3 Å². The number of ether oxygens (including phenoxy) is 1. The molecule has 0 spiro atoms. The van der Waals surface area contributed by atoms with Crippen molar-refractivity contribution in [3.05, 3.63) is 39.9 Å². The van der Waals surface area contributed by atoms with Crippen LogP contribution in [0.1, 0.15) is 58.4 Å². The minimum Gasteiger partial charge on any atom is -0.376 e. The number of hydrogen-bond acceptors (Lipinski definition) is 5. The number of nitrogens with zero attached hydrogens (tertiary/aromatic N) is 3. The maximum Gasteiger partial charge on any atom is 0.269 e. The molecule has 2 N–H and O–H groups in total. The molecule has 0 aliphatic carbocycles. The predicted molar refractivity (Wildman–Crippen MR) is 141 cm³/mol. The third kappa shape index (κ3) is 10.9. The Kier molecular flexibility index (Phi) is 14.5. The van der Waals surface area contributed by atoms with Crippen molar-refractivity contribution in [2.45, 2.75) is 71.6 Å². The first-order valence-electron chi connectivity index (χ1n) is 11.6. The van der Waals surface area contributed by atoms with Crippen LogP contribution in [0.2, 0.25) is 0 Å². The SMILES string of the molecule is CCN(CC)CCCC(C)NC(=NCc1ccc([N+](=O)[O-])cc1)NCC1CCCCO1.I. The number of guanidine groups is 1. The van der Waals surface area contributed by atoms with Gasteiger partial charge in [-0.05, 0) is 64.2 Å². The van der Waals surface area contributed by atoms with Crippen molar-refractivity contribution in [1.82, 2.24) is 15.5 Å². The number of non-ortho nitro benzene ring substituents is 1. The molecule has 1 aliphatic rings. The molecule has 182 valence electrons. The molecule has 1 saturated heterocycles. The summed E-state index contributed by atoms with van der Waals surface area (Å²) in [5.74, 6) is 0.767. The lowest BCUT2D eigenvalue weighted by molar-refractivity contribution is -0.384. The van der Waals surface area contributed by atoms with Crippen LogP contribution in [0.25, 0.3) is 0 Å². The van der Waals surface area contributed by atoms with Crippen molar-refractivity contribution >= 4 is 35.6 Å². The first kappa shape index (κ1) is 28.6. The Morgan fingerprint density at radius 2 is 2.00 bits per heavy atom. The third-order valence-corrected chi connectivity index (χ3v) is 5.73. The maximum absolute atomic E-state index is 10.8. The summed E-state index contributed by atoms with van der Waals surface area (Å²) in [5.41, 5.74) is 1.04. The number of aliphatic imine (C=N–C) groups is 1. The summed E-state index contributed by atoms with van der Waals surface area (Å²) in [7, 11) is 0. The highest BCUT2D eigenvalue weighted by Crippen LogP contribution is 2.13. The second kappa shape index (κ2) is 16.2. The van der Waals surface area contributed by atoms with Crippen molar-refractivity contribution in [1.29, 1.82) is 0 Å². The van der Waals surface area contributed by atoms with Gasteiger partial charge in [-0.25, -0.2) is 4.99 Å². The molecular weight excluding hydrogens is 521 g/mol. The molecule has 1 heterocycles. The van der Waals surface area contributed by atoms with Crippen LogP contribution >= 0.6 is 24.0 Å². The van der Waals surface area contributed by atoms with Crippen LogP contribution < -0.4 is 10.6 Å². The molecule has 1 aliphatic heterocycles. The Hall–Kier alpha value is -1.46. The second-order valence-corrected chi connectivity index (χ2v) is 8.17. The van der Waals surface area contributed by atoms with E-state index in [-0.39, 0.29) is 40.7 Å². The van der Waals surface area contributed by atoms with Gasteiger partial charge in [0.25, 0.3) is 5.69 Å². The minimum absolute atomic E-state index is 0. The molecule has 8 nitrogen and oxygen atoms in total. The van der Waals surface area contributed by atoms with Gasteiger partial charge in [0, 0.05) is 31.3 Å². The number of nitro groups is 1. The van der Waals surface area contributed by atoms with E-state index < -0.39 is 0 Å². The lowest BCUT2D eigenvalue weighted by Gasteiger charge is -2.25. The first-order valence-corrected chi connectivity index (χ1v) is 11.6. The molecule has 9 heteroatoms. The van der Waals surface area contributed by atoms with E-state index in [4.69, 9.17) is 9.73 Å². The van der Waals surface area contributed by atoms with E-state index in [1.807, 2.05) is 0 Å². The average molecular weight is 562 g/mol. The zero-order valence-corrected chi connectivity index (χ0v) is 22.0. The number of benzene rings is 1. The number of nitro benzene ring substituents is 1. The van der Waals surface area contributed by atoms with Gasteiger partial charge in [0.1, 0.15) is 0 Å². The van der Waals surface area contributed by atoms with Crippen LogP contribution in [0.4, 0.5) is 5.69 Å². The van der Waals surface area contributed by atoms with Crippen molar-refractivity contribution in [3.63, 3.8) is 0 Å². The summed E-state index contributed by atoms with van der Waals surface area (Å²) in [6.07, 6.45) is 5.84. The molecule has 1 aromatic rings. The van der Waals surface area contributed by atoms with E-state index in [1.165, 1.54) is 18.6 Å². The van der Waals surface area contributed by atoms with Crippen molar-refractivity contribution in [2.24, 2.45) is 4.99 Å². The number of rotatable bonds is 12. The fraction of sp³-hybridized carbons (Fsp3) is 0.696. The topological polar surface area (TPSA) is 92.0 Å². The fourth-order valence-electron chi connectivity index (χ4n) is 3.69. The molecule has 0 aromatic heterocycles. The van der Waals surface area contributed by atoms with Crippen LogP contribution in [-0.4, -0.2) is 60.7 Å². The van der Waals surface area contributed by atoms with Crippen LogP contribution in [0.15, 0.2) is 29.3 Å². The molecule has 2 unspecified atom stereocenters. The Morgan fingerprint density at radius 1 is 1.28 bits per heavy atom. The van der Waals surface area contributed by atoms with Gasteiger partial charge < -0.3 is 20.3 Å². The maximum atomic E-state index is 10.8. The van der Waals surface area contributed by atoms with E-state index in [0.29, 0.717) is 12.6 Å². The zero-order chi connectivity index (χ0) is 22.5. The minimum atomic E-state index is -0.383. The van der Waals surface area contributed by atoms with E-state index in [1.54, 1.807) is 12.1 Å².